The van der Waals surface area contributed by atoms with E-state index in [1.807, 2.05) is 32.2 Å². The first kappa shape index (κ1) is 15.2. The molecule has 0 amide bonds. The Morgan fingerprint density at radius 3 is 2.11 bits per heavy atom. The van der Waals surface area contributed by atoms with Crippen molar-refractivity contribution < 1.29 is 10.2 Å². The van der Waals surface area contributed by atoms with Crippen LogP contribution in [0.4, 0.5) is 0 Å². The topological polar surface area (TPSA) is 43.7 Å². The van der Waals surface area contributed by atoms with Gasteiger partial charge in [0.05, 0.1) is 6.10 Å². The Balaban J connectivity index is 2.77. The lowest BCUT2D eigenvalue weighted by molar-refractivity contribution is 0.0172. The van der Waals surface area contributed by atoms with E-state index in [1.165, 1.54) is 5.56 Å². The van der Waals surface area contributed by atoms with Crippen LogP contribution < -0.4 is 0 Å². The molecule has 0 bridgehead atoms. The Bertz CT molecular complexity index is 340. The summed E-state index contributed by atoms with van der Waals surface area (Å²) < 4.78 is 0. The third-order valence-electron chi connectivity index (χ3n) is 3.99. The zero-order chi connectivity index (χ0) is 13.7. The smallest absolute Gasteiger partial charge is 0.0577 e. The Hall–Kier alpha value is -0.900. The zero-order valence-corrected chi connectivity index (χ0v) is 11.7. The number of hydrogen-bond acceptors (Lipinski definition) is 3. The van der Waals surface area contributed by atoms with Crippen molar-refractivity contribution in [3.8, 4) is 0 Å². The minimum absolute atomic E-state index is 0.00465. The average molecular weight is 251 g/mol. The standard InChI is InChI=1S/C15H25NO2/c1-11(14-8-6-5-7-9-14)16(4)12(2)15(10-17)13(3)18/h5-9,11-13,15,17-18H,10H2,1-4H3/t11-,12-,13+,15-/m1/s1. The van der Waals surface area contributed by atoms with Crippen molar-refractivity contribution in [1.82, 2.24) is 4.90 Å². The van der Waals surface area contributed by atoms with Gasteiger partial charge in [-0.2, -0.15) is 0 Å². The van der Waals surface area contributed by atoms with Gasteiger partial charge in [0.1, 0.15) is 0 Å². The number of hydrogen-bond donors (Lipinski definition) is 2. The molecule has 2 N–H and O–H groups in total. The molecule has 3 nitrogen and oxygen atoms in total. The second kappa shape index (κ2) is 6.88. The fourth-order valence-electron chi connectivity index (χ4n) is 2.33. The Kier molecular flexibility index (Phi) is 5.79. The molecule has 0 aliphatic carbocycles. The second-order valence-corrected chi connectivity index (χ2v) is 5.08. The Morgan fingerprint density at radius 1 is 1.11 bits per heavy atom. The van der Waals surface area contributed by atoms with E-state index in [0.29, 0.717) is 0 Å². The summed E-state index contributed by atoms with van der Waals surface area (Å²) in [5.41, 5.74) is 1.24. The third kappa shape index (κ3) is 3.55. The van der Waals surface area contributed by atoms with Crippen LogP contribution in [0.2, 0.25) is 0 Å². The highest BCUT2D eigenvalue weighted by Crippen LogP contribution is 2.24. The molecule has 0 spiro atoms. The van der Waals surface area contributed by atoms with Crippen LogP contribution in [0.25, 0.3) is 0 Å². The van der Waals surface area contributed by atoms with Gasteiger partial charge >= 0.3 is 0 Å². The molecule has 102 valence electrons. The largest absolute Gasteiger partial charge is 0.396 e. The lowest BCUT2D eigenvalue weighted by Gasteiger charge is -2.36. The molecule has 18 heavy (non-hydrogen) atoms. The molecule has 0 heterocycles. The fraction of sp³-hybridized carbons (Fsp3) is 0.600. The fourth-order valence-corrected chi connectivity index (χ4v) is 2.33. The summed E-state index contributed by atoms with van der Waals surface area (Å²) in [7, 11) is 2.04. The Morgan fingerprint density at radius 2 is 1.67 bits per heavy atom. The van der Waals surface area contributed by atoms with E-state index >= 15 is 0 Å². The minimum atomic E-state index is -0.504. The summed E-state index contributed by atoms with van der Waals surface area (Å²) in [5, 5.41) is 19.1. The van der Waals surface area contributed by atoms with Gasteiger partial charge in [-0.1, -0.05) is 30.3 Å². The maximum atomic E-state index is 9.70. The average Bonchev–Trinajstić information content (AvgIpc) is 2.38. The summed E-state index contributed by atoms with van der Waals surface area (Å²) >= 11 is 0. The van der Waals surface area contributed by atoms with Crippen LogP contribution in [-0.4, -0.2) is 40.9 Å². The number of benzene rings is 1. The van der Waals surface area contributed by atoms with Crippen LogP contribution >= 0.6 is 0 Å². The van der Waals surface area contributed by atoms with Crippen molar-refractivity contribution >= 4 is 0 Å². The normalized spacial score (nSPS) is 18.4. The maximum absolute atomic E-state index is 9.70. The molecular weight excluding hydrogens is 226 g/mol. The van der Waals surface area contributed by atoms with E-state index in [2.05, 4.69) is 24.0 Å². The van der Waals surface area contributed by atoms with Crippen molar-refractivity contribution in [2.75, 3.05) is 13.7 Å². The van der Waals surface area contributed by atoms with Gasteiger partial charge in [0.2, 0.25) is 0 Å². The highest BCUT2D eigenvalue weighted by molar-refractivity contribution is 5.18. The van der Waals surface area contributed by atoms with Crippen LogP contribution in [0.5, 0.6) is 0 Å². The molecule has 0 aliphatic heterocycles. The SMILES string of the molecule is C[C@H](O)[C@H](CO)[C@@H](C)N(C)[C@H](C)c1ccccc1. The highest BCUT2D eigenvalue weighted by atomic mass is 16.3. The summed E-state index contributed by atoms with van der Waals surface area (Å²) in [6.07, 6.45) is -0.504. The van der Waals surface area contributed by atoms with Crippen LogP contribution in [0.3, 0.4) is 0 Å². The van der Waals surface area contributed by atoms with Crippen molar-refractivity contribution in [2.45, 2.75) is 39.0 Å². The molecule has 0 radical (unpaired) electrons. The maximum Gasteiger partial charge on any atom is 0.0577 e. The van der Waals surface area contributed by atoms with Crippen molar-refractivity contribution in [3.63, 3.8) is 0 Å². The van der Waals surface area contributed by atoms with Gasteiger partial charge in [-0.3, -0.25) is 4.90 Å². The van der Waals surface area contributed by atoms with E-state index in [4.69, 9.17) is 0 Å². The van der Waals surface area contributed by atoms with Crippen molar-refractivity contribution in [1.29, 1.82) is 0 Å². The molecule has 0 aliphatic rings. The van der Waals surface area contributed by atoms with Gasteiger partial charge in [-0.05, 0) is 33.4 Å². The van der Waals surface area contributed by atoms with E-state index < -0.39 is 6.10 Å². The molecule has 0 saturated heterocycles. The quantitative estimate of drug-likeness (QED) is 0.813. The molecule has 1 aromatic carbocycles. The van der Waals surface area contributed by atoms with Gasteiger partial charge in [-0.25, -0.2) is 0 Å². The molecule has 0 unspecified atom stereocenters. The molecule has 0 fully saturated rings. The molecule has 4 atom stereocenters. The van der Waals surface area contributed by atoms with Crippen LogP contribution in [0.15, 0.2) is 30.3 Å². The van der Waals surface area contributed by atoms with Crippen LogP contribution in [0, 0.1) is 5.92 Å². The number of aliphatic hydroxyl groups is 2. The van der Waals surface area contributed by atoms with Crippen LogP contribution in [-0.2, 0) is 0 Å². The van der Waals surface area contributed by atoms with Crippen LogP contribution in [0.1, 0.15) is 32.4 Å². The number of nitrogens with zero attached hydrogens (tertiary/aromatic N) is 1. The summed E-state index contributed by atoms with van der Waals surface area (Å²) in [5.74, 6) is -0.124. The number of rotatable bonds is 6. The monoisotopic (exact) mass is 251 g/mol. The second-order valence-electron chi connectivity index (χ2n) is 5.08. The highest BCUT2D eigenvalue weighted by Gasteiger charge is 2.27. The summed E-state index contributed by atoms with van der Waals surface area (Å²) in [6.45, 7) is 5.93. The zero-order valence-electron chi connectivity index (χ0n) is 11.7. The first-order valence-corrected chi connectivity index (χ1v) is 6.54. The molecule has 0 aromatic heterocycles. The predicted molar refractivity (Wildman–Crippen MR) is 74.3 cm³/mol. The van der Waals surface area contributed by atoms with E-state index in [0.717, 1.165) is 0 Å². The van der Waals surface area contributed by atoms with E-state index in [9.17, 15) is 10.2 Å². The molecule has 3 heteroatoms. The Labute approximate surface area is 110 Å². The lowest BCUT2D eigenvalue weighted by atomic mass is 9.93. The van der Waals surface area contributed by atoms with E-state index in [-0.39, 0.29) is 24.6 Å². The number of aliphatic hydroxyl groups excluding tert-OH is 2. The molecular formula is C15H25NO2. The first-order chi connectivity index (χ1) is 8.49. The minimum Gasteiger partial charge on any atom is -0.396 e. The molecule has 0 saturated carbocycles. The third-order valence-corrected chi connectivity index (χ3v) is 3.99. The van der Waals surface area contributed by atoms with Gasteiger partial charge in [0.15, 0.2) is 0 Å². The predicted octanol–water partition coefficient (Wildman–Crippen LogP) is 2.06. The van der Waals surface area contributed by atoms with Crippen molar-refractivity contribution in [2.24, 2.45) is 5.92 Å². The van der Waals surface area contributed by atoms with Crippen molar-refractivity contribution in [3.05, 3.63) is 35.9 Å². The van der Waals surface area contributed by atoms with Gasteiger partial charge in [0.25, 0.3) is 0 Å². The van der Waals surface area contributed by atoms with Gasteiger partial charge < -0.3 is 10.2 Å². The first-order valence-electron chi connectivity index (χ1n) is 6.54. The lowest BCUT2D eigenvalue weighted by Crippen LogP contribution is -2.43. The van der Waals surface area contributed by atoms with Gasteiger partial charge in [0, 0.05) is 24.6 Å². The van der Waals surface area contributed by atoms with Gasteiger partial charge in [-0.15, -0.1) is 0 Å². The van der Waals surface area contributed by atoms with E-state index in [1.54, 1.807) is 6.92 Å². The molecule has 1 aromatic rings. The molecule has 1 rings (SSSR count). The summed E-state index contributed by atoms with van der Waals surface area (Å²) in [4.78, 5) is 2.20. The summed E-state index contributed by atoms with van der Waals surface area (Å²) in [6, 6.07) is 10.6.